The van der Waals surface area contributed by atoms with E-state index in [2.05, 4.69) is 29.8 Å². The molecule has 2 rings (SSSR count). The van der Waals surface area contributed by atoms with Crippen LogP contribution in [0.4, 0.5) is 5.82 Å². The topological polar surface area (TPSA) is 51.4 Å². The molecule has 1 saturated heterocycles. The van der Waals surface area contributed by atoms with Crippen LogP contribution in [0.1, 0.15) is 25.8 Å². The summed E-state index contributed by atoms with van der Waals surface area (Å²) < 4.78 is 5.48. The summed E-state index contributed by atoms with van der Waals surface area (Å²) in [5, 5.41) is 0. The Kier molecular flexibility index (Phi) is 4.55. The van der Waals surface area contributed by atoms with E-state index in [1.54, 1.807) is 0 Å². The molecule has 0 spiro atoms. The van der Waals surface area contributed by atoms with E-state index in [0.29, 0.717) is 6.04 Å². The maximum atomic E-state index is 6.07. The third-order valence-electron chi connectivity index (χ3n) is 3.51. The lowest BCUT2D eigenvalue weighted by Gasteiger charge is -2.35. The summed E-state index contributed by atoms with van der Waals surface area (Å²) in [5.41, 5.74) is 7.32. The summed E-state index contributed by atoms with van der Waals surface area (Å²) >= 11 is 0. The van der Waals surface area contributed by atoms with E-state index in [-0.39, 0.29) is 6.04 Å². The fraction of sp³-hybridized carbons (Fsp3) is 0.643. The van der Waals surface area contributed by atoms with Crippen molar-refractivity contribution in [3.63, 3.8) is 0 Å². The number of pyridine rings is 1. The minimum Gasteiger partial charge on any atom is -0.377 e. The van der Waals surface area contributed by atoms with Gasteiger partial charge in [-0.3, -0.25) is 0 Å². The predicted octanol–water partition coefficient (Wildman–Crippen LogP) is 1.59. The first-order chi connectivity index (χ1) is 8.72. The van der Waals surface area contributed by atoms with E-state index in [4.69, 9.17) is 10.5 Å². The molecular weight excluding hydrogens is 226 g/mol. The van der Waals surface area contributed by atoms with Gasteiger partial charge in [0.15, 0.2) is 0 Å². The van der Waals surface area contributed by atoms with Crippen LogP contribution in [0, 0.1) is 0 Å². The van der Waals surface area contributed by atoms with Crippen molar-refractivity contribution in [1.29, 1.82) is 0 Å². The van der Waals surface area contributed by atoms with Gasteiger partial charge in [0.2, 0.25) is 0 Å². The first-order valence-electron chi connectivity index (χ1n) is 6.76. The zero-order valence-corrected chi connectivity index (χ0v) is 11.3. The van der Waals surface area contributed by atoms with E-state index in [9.17, 15) is 0 Å². The van der Waals surface area contributed by atoms with Crippen LogP contribution in [0.2, 0.25) is 0 Å². The maximum absolute atomic E-state index is 6.07. The molecule has 1 aromatic rings. The first kappa shape index (κ1) is 13.3. The highest BCUT2D eigenvalue weighted by Gasteiger charge is 2.22. The Morgan fingerprint density at radius 3 is 3.17 bits per heavy atom. The van der Waals surface area contributed by atoms with Crippen LogP contribution in [-0.2, 0) is 11.2 Å². The smallest absolute Gasteiger partial charge is 0.132 e. The molecule has 18 heavy (non-hydrogen) atoms. The van der Waals surface area contributed by atoms with Crippen molar-refractivity contribution < 1.29 is 4.74 Å². The van der Waals surface area contributed by atoms with Gasteiger partial charge in [0, 0.05) is 18.8 Å². The molecule has 1 aromatic heterocycles. The van der Waals surface area contributed by atoms with Crippen molar-refractivity contribution in [3.8, 4) is 0 Å². The van der Waals surface area contributed by atoms with E-state index < -0.39 is 0 Å². The van der Waals surface area contributed by atoms with Gasteiger partial charge >= 0.3 is 0 Å². The quantitative estimate of drug-likeness (QED) is 0.880. The highest BCUT2D eigenvalue weighted by molar-refractivity contribution is 5.48. The second kappa shape index (κ2) is 6.16. The van der Waals surface area contributed by atoms with Gasteiger partial charge in [-0.05, 0) is 31.4 Å². The lowest BCUT2D eigenvalue weighted by Crippen LogP contribution is -2.44. The summed E-state index contributed by atoms with van der Waals surface area (Å²) in [4.78, 5) is 6.89. The molecule has 0 aromatic carbocycles. The molecule has 2 atom stereocenters. The van der Waals surface area contributed by atoms with Crippen LogP contribution in [0.3, 0.4) is 0 Å². The third kappa shape index (κ3) is 3.00. The monoisotopic (exact) mass is 249 g/mol. The normalized spacial score (nSPS) is 21.9. The van der Waals surface area contributed by atoms with Gasteiger partial charge in [0.1, 0.15) is 5.82 Å². The zero-order chi connectivity index (χ0) is 13.0. The number of nitrogens with zero attached hydrogens (tertiary/aromatic N) is 2. The Bertz CT molecular complexity index is 383. The standard InChI is InChI=1S/C14H23N3O/c1-3-13(15)9-12-5-4-6-16-14(12)17-7-8-18-10-11(17)2/h4-6,11,13H,3,7-10,15H2,1-2H3. The van der Waals surface area contributed by atoms with Crippen molar-refractivity contribution in [2.75, 3.05) is 24.7 Å². The van der Waals surface area contributed by atoms with Crippen molar-refractivity contribution in [3.05, 3.63) is 23.9 Å². The number of ether oxygens (including phenoxy) is 1. The number of hydrogen-bond donors (Lipinski definition) is 1. The van der Waals surface area contributed by atoms with Crippen molar-refractivity contribution in [2.24, 2.45) is 5.73 Å². The highest BCUT2D eigenvalue weighted by Crippen LogP contribution is 2.22. The number of morpholine rings is 1. The number of hydrogen-bond acceptors (Lipinski definition) is 4. The molecule has 0 bridgehead atoms. The molecule has 0 radical (unpaired) electrons. The fourth-order valence-corrected chi connectivity index (χ4v) is 2.32. The Morgan fingerprint density at radius 1 is 1.61 bits per heavy atom. The largest absolute Gasteiger partial charge is 0.377 e. The molecule has 2 N–H and O–H groups in total. The Balaban J connectivity index is 2.20. The van der Waals surface area contributed by atoms with Gasteiger partial charge < -0.3 is 15.4 Å². The average Bonchev–Trinajstić information content (AvgIpc) is 2.40. The summed E-state index contributed by atoms with van der Waals surface area (Å²) in [7, 11) is 0. The Labute approximate surface area is 109 Å². The molecule has 4 nitrogen and oxygen atoms in total. The van der Waals surface area contributed by atoms with Crippen LogP contribution in [0.15, 0.2) is 18.3 Å². The highest BCUT2D eigenvalue weighted by atomic mass is 16.5. The summed E-state index contributed by atoms with van der Waals surface area (Å²) in [6.45, 7) is 6.76. The Morgan fingerprint density at radius 2 is 2.44 bits per heavy atom. The van der Waals surface area contributed by atoms with Crippen LogP contribution < -0.4 is 10.6 Å². The number of nitrogens with two attached hydrogens (primary N) is 1. The van der Waals surface area contributed by atoms with Crippen molar-refractivity contribution in [2.45, 2.75) is 38.8 Å². The Hall–Kier alpha value is -1.13. The van der Waals surface area contributed by atoms with Crippen LogP contribution >= 0.6 is 0 Å². The SMILES string of the molecule is CCC(N)Cc1cccnc1N1CCOCC1C. The molecule has 2 unspecified atom stereocenters. The van der Waals surface area contributed by atoms with Gasteiger partial charge in [-0.1, -0.05) is 13.0 Å². The molecule has 0 aliphatic carbocycles. The minimum absolute atomic E-state index is 0.212. The number of rotatable bonds is 4. The molecule has 0 saturated carbocycles. The summed E-state index contributed by atoms with van der Waals surface area (Å²) in [5.74, 6) is 1.08. The van der Waals surface area contributed by atoms with E-state index in [1.165, 1.54) is 5.56 Å². The predicted molar refractivity (Wildman–Crippen MR) is 73.8 cm³/mol. The van der Waals surface area contributed by atoms with Gasteiger partial charge in [-0.25, -0.2) is 4.98 Å². The molecular formula is C14H23N3O. The lowest BCUT2D eigenvalue weighted by molar-refractivity contribution is 0.0984. The van der Waals surface area contributed by atoms with E-state index >= 15 is 0 Å². The second-order valence-corrected chi connectivity index (χ2v) is 4.98. The maximum Gasteiger partial charge on any atom is 0.132 e. The lowest BCUT2D eigenvalue weighted by atomic mass is 10.0. The van der Waals surface area contributed by atoms with Crippen LogP contribution in [-0.4, -0.2) is 36.8 Å². The third-order valence-corrected chi connectivity index (χ3v) is 3.51. The van der Waals surface area contributed by atoms with Gasteiger partial charge in [-0.2, -0.15) is 0 Å². The molecule has 1 aliphatic heterocycles. The molecule has 2 heterocycles. The second-order valence-electron chi connectivity index (χ2n) is 4.98. The molecule has 4 heteroatoms. The fourth-order valence-electron chi connectivity index (χ4n) is 2.32. The van der Waals surface area contributed by atoms with Gasteiger partial charge in [0.25, 0.3) is 0 Å². The van der Waals surface area contributed by atoms with Crippen LogP contribution in [0.25, 0.3) is 0 Å². The van der Waals surface area contributed by atoms with Crippen molar-refractivity contribution in [1.82, 2.24) is 4.98 Å². The molecule has 1 aliphatic rings. The zero-order valence-electron chi connectivity index (χ0n) is 11.3. The van der Waals surface area contributed by atoms with Gasteiger partial charge in [0.05, 0.1) is 19.3 Å². The molecule has 0 amide bonds. The number of anilines is 1. The van der Waals surface area contributed by atoms with Gasteiger partial charge in [-0.15, -0.1) is 0 Å². The van der Waals surface area contributed by atoms with Crippen molar-refractivity contribution >= 4 is 5.82 Å². The first-order valence-corrected chi connectivity index (χ1v) is 6.76. The summed E-state index contributed by atoms with van der Waals surface area (Å²) in [6, 6.07) is 4.72. The average molecular weight is 249 g/mol. The van der Waals surface area contributed by atoms with E-state index in [0.717, 1.165) is 38.4 Å². The van der Waals surface area contributed by atoms with E-state index in [1.807, 2.05) is 12.3 Å². The molecule has 100 valence electrons. The molecule has 1 fully saturated rings. The summed E-state index contributed by atoms with van der Waals surface area (Å²) in [6.07, 6.45) is 3.75. The van der Waals surface area contributed by atoms with Crippen LogP contribution in [0.5, 0.6) is 0 Å². The minimum atomic E-state index is 0.212. The number of aromatic nitrogens is 1.